The van der Waals surface area contributed by atoms with E-state index in [1.807, 2.05) is 13.8 Å². The van der Waals surface area contributed by atoms with Gasteiger partial charge in [-0.05, 0) is 17.5 Å². The quantitative estimate of drug-likeness (QED) is 0.677. The van der Waals surface area contributed by atoms with E-state index >= 15 is 0 Å². The highest BCUT2D eigenvalue weighted by Gasteiger charge is 2.34. The van der Waals surface area contributed by atoms with E-state index < -0.39 is 11.9 Å². The summed E-state index contributed by atoms with van der Waals surface area (Å²) in [5, 5.41) is 7.08. The first-order chi connectivity index (χ1) is 12.7. The molecule has 3 aromatic rings. The first-order valence-electron chi connectivity index (χ1n) is 8.03. The molecule has 11 heteroatoms. The summed E-state index contributed by atoms with van der Waals surface area (Å²) in [6.07, 6.45) is -1.92. The number of halogens is 4. The molecule has 0 aromatic carbocycles. The molecular weight excluding hydrogens is 385 g/mol. The number of pyridine rings is 1. The SMILES string of the molecule is CC(C)COc1ncc(CNc2cc(C(F)(F)F)nc3ncnn23)cc1Cl. The zero-order chi connectivity index (χ0) is 19.6. The van der Waals surface area contributed by atoms with E-state index in [0.717, 1.165) is 12.4 Å². The minimum Gasteiger partial charge on any atom is -0.476 e. The predicted octanol–water partition coefficient (Wildman–Crippen LogP) is 3.84. The number of hydrogen-bond acceptors (Lipinski definition) is 6. The van der Waals surface area contributed by atoms with Crippen molar-refractivity contribution in [2.45, 2.75) is 26.6 Å². The van der Waals surface area contributed by atoms with E-state index in [-0.39, 0.29) is 18.1 Å². The summed E-state index contributed by atoms with van der Waals surface area (Å²) in [6.45, 7) is 4.65. The molecule has 1 N–H and O–H groups in total. The molecule has 0 saturated carbocycles. The van der Waals surface area contributed by atoms with Crippen LogP contribution >= 0.6 is 11.6 Å². The van der Waals surface area contributed by atoms with Gasteiger partial charge in [0, 0.05) is 18.8 Å². The van der Waals surface area contributed by atoms with Crippen molar-refractivity contribution >= 4 is 23.2 Å². The molecule has 0 spiro atoms. The third-order valence-electron chi connectivity index (χ3n) is 3.43. The van der Waals surface area contributed by atoms with Gasteiger partial charge in [0.25, 0.3) is 5.78 Å². The minimum absolute atomic E-state index is 0.0982. The average molecular weight is 401 g/mol. The van der Waals surface area contributed by atoms with Gasteiger partial charge >= 0.3 is 6.18 Å². The average Bonchev–Trinajstić information content (AvgIpc) is 3.06. The maximum Gasteiger partial charge on any atom is 0.433 e. The van der Waals surface area contributed by atoms with Gasteiger partial charge in [0.2, 0.25) is 5.88 Å². The molecule has 3 rings (SSSR count). The van der Waals surface area contributed by atoms with Crippen LogP contribution in [0.4, 0.5) is 19.0 Å². The Morgan fingerprint density at radius 1 is 1.26 bits per heavy atom. The summed E-state index contributed by atoms with van der Waals surface area (Å²) < 4.78 is 45.7. The second-order valence-corrected chi connectivity index (χ2v) is 6.59. The van der Waals surface area contributed by atoms with Crippen LogP contribution in [0.25, 0.3) is 5.78 Å². The van der Waals surface area contributed by atoms with E-state index in [1.54, 1.807) is 12.3 Å². The summed E-state index contributed by atoms with van der Waals surface area (Å²) >= 11 is 6.16. The zero-order valence-electron chi connectivity index (χ0n) is 14.5. The lowest BCUT2D eigenvalue weighted by atomic mass is 10.2. The number of rotatable bonds is 6. The topological polar surface area (TPSA) is 77.2 Å². The number of fused-ring (bicyclic) bond motifs is 1. The van der Waals surface area contributed by atoms with E-state index in [1.165, 1.54) is 4.52 Å². The Morgan fingerprint density at radius 3 is 2.70 bits per heavy atom. The van der Waals surface area contributed by atoms with Crippen LogP contribution in [0.15, 0.2) is 24.7 Å². The maximum atomic E-state index is 13.0. The van der Waals surface area contributed by atoms with Crippen LogP contribution < -0.4 is 10.1 Å². The number of ether oxygens (including phenoxy) is 1. The van der Waals surface area contributed by atoms with Crippen molar-refractivity contribution in [2.75, 3.05) is 11.9 Å². The van der Waals surface area contributed by atoms with Crippen LogP contribution in [0.1, 0.15) is 25.1 Å². The van der Waals surface area contributed by atoms with Crippen LogP contribution in [0, 0.1) is 5.92 Å². The Hall–Kier alpha value is -2.62. The summed E-state index contributed by atoms with van der Waals surface area (Å²) in [4.78, 5) is 11.3. The largest absolute Gasteiger partial charge is 0.476 e. The third kappa shape index (κ3) is 4.57. The van der Waals surface area contributed by atoms with Crippen molar-refractivity contribution in [1.82, 2.24) is 24.6 Å². The monoisotopic (exact) mass is 400 g/mol. The molecule has 0 atom stereocenters. The number of aromatic nitrogens is 5. The fourth-order valence-corrected chi connectivity index (χ4v) is 2.43. The van der Waals surface area contributed by atoms with Crippen molar-refractivity contribution < 1.29 is 17.9 Å². The number of hydrogen-bond donors (Lipinski definition) is 1. The Kier molecular flexibility index (Phi) is 5.36. The molecule has 0 unspecified atom stereocenters. The highest BCUT2D eigenvalue weighted by atomic mass is 35.5. The number of alkyl halides is 3. The van der Waals surface area contributed by atoms with Crippen LogP contribution in [-0.4, -0.2) is 31.2 Å². The van der Waals surface area contributed by atoms with Gasteiger partial charge in [0.1, 0.15) is 17.2 Å². The zero-order valence-corrected chi connectivity index (χ0v) is 15.2. The molecular formula is C16H16ClF3N6O. The third-order valence-corrected chi connectivity index (χ3v) is 3.70. The Bertz CT molecular complexity index is 944. The fourth-order valence-electron chi connectivity index (χ4n) is 2.19. The Balaban J connectivity index is 1.78. The number of nitrogens with one attached hydrogen (secondary N) is 1. The molecule has 0 aliphatic carbocycles. The van der Waals surface area contributed by atoms with Crippen LogP contribution in [0.2, 0.25) is 5.02 Å². The van der Waals surface area contributed by atoms with Crippen molar-refractivity contribution in [2.24, 2.45) is 5.92 Å². The lowest BCUT2D eigenvalue weighted by Gasteiger charge is -2.12. The Morgan fingerprint density at radius 2 is 2.04 bits per heavy atom. The van der Waals surface area contributed by atoms with E-state index in [4.69, 9.17) is 16.3 Å². The van der Waals surface area contributed by atoms with Gasteiger partial charge in [0.15, 0.2) is 5.69 Å². The summed E-state index contributed by atoms with van der Waals surface area (Å²) in [7, 11) is 0. The molecule has 7 nitrogen and oxygen atoms in total. The molecule has 3 heterocycles. The van der Waals surface area contributed by atoms with E-state index in [0.29, 0.717) is 29.0 Å². The van der Waals surface area contributed by atoms with E-state index in [2.05, 4.69) is 25.4 Å². The maximum absolute atomic E-state index is 13.0. The molecule has 0 bridgehead atoms. The van der Waals surface area contributed by atoms with E-state index in [9.17, 15) is 13.2 Å². The summed E-state index contributed by atoms with van der Waals surface area (Å²) in [5.41, 5.74) is -0.394. The molecule has 0 saturated heterocycles. The fraction of sp³-hybridized carbons (Fsp3) is 0.375. The standard InChI is InChI=1S/C16H16ClF3N6O/c1-9(2)7-27-14-11(17)3-10(6-22-14)5-21-13-4-12(16(18,19)20)25-15-23-8-24-26(13)15/h3-4,6,8-9,21H,5,7H2,1-2H3. The highest BCUT2D eigenvalue weighted by Crippen LogP contribution is 2.30. The first-order valence-corrected chi connectivity index (χ1v) is 8.41. The minimum atomic E-state index is -4.59. The van der Waals surface area contributed by atoms with Gasteiger partial charge < -0.3 is 10.1 Å². The van der Waals surface area contributed by atoms with Gasteiger partial charge in [-0.1, -0.05) is 25.4 Å². The number of nitrogens with zero attached hydrogens (tertiary/aromatic N) is 5. The molecule has 0 radical (unpaired) electrons. The van der Waals surface area contributed by atoms with Gasteiger partial charge in [0.05, 0.1) is 6.61 Å². The first kappa shape index (κ1) is 19.2. The number of anilines is 1. The summed E-state index contributed by atoms with van der Waals surface area (Å²) in [5.74, 6) is 0.585. The van der Waals surface area contributed by atoms with Crippen LogP contribution in [0.5, 0.6) is 5.88 Å². The summed E-state index contributed by atoms with van der Waals surface area (Å²) in [6, 6.07) is 2.51. The van der Waals surface area contributed by atoms with Gasteiger partial charge in [-0.15, -0.1) is 0 Å². The molecule has 0 amide bonds. The van der Waals surface area contributed by atoms with Crippen molar-refractivity contribution in [3.8, 4) is 5.88 Å². The van der Waals surface area contributed by atoms with Crippen molar-refractivity contribution in [3.05, 3.63) is 40.9 Å². The van der Waals surface area contributed by atoms with Crippen LogP contribution in [-0.2, 0) is 12.7 Å². The molecule has 0 aliphatic heterocycles. The van der Waals surface area contributed by atoms with Crippen molar-refractivity contribution in [3.63, 3.8) is 0 Å². The normalized spacial score (nSPS) is 12.0. The molecule has 3 aromatic heterocycles. The van der Waals surface area contributed by atoms with Crippen molar-refractivity contribution in [1.29, 1.82) is 0 Å². The predicted molar refractivity (Wildman–Crippen MR) is 92.7 cm³/mol. The van der Waals surface area contributed by atoms with Gasteiger partial charge in [-0.2, -0.15) is 27.8 Å². The Labute approximate surface area is 157 Å². The van der Waals surface area contributed by atoms with Gasteiger partial charge in [-0.25, -0.2) is 9.97 Å². The second-order valence-electron chi connectivity index (χ2n) is 6.19. The molecule has 144 valence electrons. The lowest BCUT2D eigenvalue weighted by Crippen LogP contribution is -2.13. The molecule has 0 aliphatic rings. The second kappa shape index (κ2) is 7.55. The lowest BCUT2D eigenvalue weighted by molar-refractivity contribution is -0.141. The highest BCUT2D eigenvalue weighted by molar-refractivity contribution is 6.31. The van der Waals surface area contributed by atoms with Gasteiger partial charge in [-0.3, -0.25) is 0 Å². The smallest absolute Gasteiger partial charge is 0.433 e. The molecule has 0 fully saturated rings. The molecule has 27 heavy (non-hydrogen) atoms. The van der Waals surface area contributed by atoms with Crippen LogP contribution in [0.3, 0.4) is 0 Å².